The van der Waals surface area contributed by atoms with Crippen molar-refractivity contribution in [1.82, 2.24) is 15.5 Å². The molecule has 1 amide bonds. The van der Waals surface area contributed by atoms with Gasteiger partial charge in [-0.15, -0.1) is 0 Å². The number of ether oxygens (including phenoxy) is 2. The van der Waals surface area contributed by atoms with Gasteiger partial charge in [0, 0.05) is 26.7 Å². The molecule has 1 rings (SSSR count). The van der Waals surface area contributed by atoms with Gasteiger partial charge < -0.3 is 25.0 Å². The number of guanidine groups is 1. The summed E-state index contributed by atoms with van der Waals surface area (Å²) in [5, 5.41) is 6.42. The number of benzene rings is 1. The number of carbonyl (C=O) groups excluding carboxylic acids is 1. The van der Waals surface area contributed by atoms with E-state index in [1.807, 2.05) is 52.0 Å². The SMILES string of the molecule is CCNC(=NCc1cccc(OC)c1)NCCN(C)C(=O)OC(C)(C)C. The van der Waals surface area contributed by atoms with E-state index in [1.54, 1.807) is 19.1 Å². The molecular formula is C19H32N4O3. The summed E-state index contributed by atoms with van der Waals surface area (Å²) < 4.78 is 10.6. The van der Waals surface area contributed by atoms with Crippen LogP contribution in [0.5, 0.6) is 5.75 Å². The molecule has 0 unspecified atom stereocenters. The second kappa shape index (κ2) is 10.5. The molecule has 1 aromatic rings. The highest BCUT2D eigenvalue weighted by Crippen LogP contribution is 2.13. The van der Waals surface area contributed by atoms with Crippen molar-refractivity contribution in [2.75, 3.05) is 33.8 Å². The van der Waals surface area contributed by atoms with E-state index in [-0.39, 0.29) is 6.09 Å². The quantitative estimate of drug-likeness (QED) is 0.575. The lowest BCUT2D eigenvalue weighted by Gasteiger charge is -2.24. The third kappa shape index (κ3) is 8.60. The first-order valence-corrected chi connectivity index (χ1v) is 8.84. The lowest BCUT2D eigenvalue weighted by molar-refractivity contribution is 0.0302. The largest absolute Gasteiger partial charge is 0.497 e. The van der Waals surface area contributed by atoms with Crippen LogP contribution in [0.2, 0.25) is 0 Å². The van der Waals surface area contributed by atoms with Crippen molar-refractivity contribution in [1.29, 1.82) is 0 Å². The summed E-state index contributed by atoms with van der Waals surface area (Å²) in [5.41, 5.74) is 0.568. The van der Waals surface area contributed by atoms with Crippen LogP contribution in [0.1, 0.15) is 33.3 Å². The van der Waals surface area contributed by atoms with Gasteiger partial charge in [-0.1, -0.05) is 12.1 Å². The zero-order valence-electron chi connectivity index (χ0n) is 16.8. The van der Waals surface area contributed by atoms with Crippen molar-refractivity contribution in [3.63, 3.8) is 0 Å². The van der Waals surface area contributed by atoms with Crippen LogP contribution in [-0.2, 0) is 11.3 Å². The Morgan fingerprint density at radius 1 is 1.27 bits per heavy atom. The van der Waals surface area contributed by atoms with Crippen LogP contribution in [0.25, 0.3) is 0 Å². The lowest BCUT2D eigenvalue weighted by Crippen LogP contribution is -2.43. The Balaban J connectivity index is 2.52. The van der Waals surface area contributed by atoms with E-state index >= 15 is 0 Å². The van der Waals surface area contributed by atoms with Crippen molar-refractivity contribution < 1.29 is 14.3 Å². The van der Waals surface area contributed by atoms with Crippen LogP contribution in [-0.4, -0.2) is 56.3 Å². The van der Waals surface area contributed by atoms with E-state index in [0.29, 0.717) is 25.6 Å². The molecule has 0 aliphatic carbocycles. The summed E-state index contributed by atoms with van der Waals surface area (Å²) >= 11 is 0. The van der Waals surface area contributed by atoms with Gasteiger partial charge in [0.1, 0.15) is 11.4 Å². The number of likely N-dealkylation sites (N-methyl/N-ethyl adjacent to an activating group) is 1. The fraction of sp³-hybridized carbons (Fsp3) is 0.579. The molecule has 2 N–H and O–H groups in total. The molecular weight excluding hydrogens is 332 g/mol. The van der Waals surface area contributed by atoms with Crippen LogP contribution >= 0.6 is 0 Å². The maximum absolute atomic E-state index is 11.9. The zero-order chi connectivity index (χ0) is 19.6. The van der Waals surface area contributed by atoms with Gasteiger partial charge in [-0.25, -0.2) is 9.79 Å². The van der Waals surface area contributed by atoms with Gasteiger partial charge >= 0.3 is 6.09 Å². The van der Waals surface area contributed by atoms with E-state index in [9.17, 15) is 4.79 Å². The molecule has 26 heavy (non-hydrogen) atoms. The topological polar surface area (TPSA) is 75.2 Å². The van der Waals surface area contributed by atoms with Crippen LogP contribution in [0.4, 0.5) is 4.79 Å². The predicted octanol–water partition coefficient (Wildman–Crippen LogP) is 2.62. The van der Waals surface area contributed by atoms with Gasteiger partial charge in [0.2, 0.25) is 0 Å². The first-order chi connectivity index (χ1) is 12.2. The standard InChI is InChI=1S/C19H32N4O3/c1-7-20-17(22-14-15-9-8-10-16(13-15)25-6)21-11-12-23(5)18(24)26-19(2,3)4/h8-10,13H,7,11-12,14H2,1-6H3,(H2,20,21,22). The van der Waals surface area contributed by atoms with E-state index in [2.05, 4.69) is 15.6 Å². The van der Waals surface area contributed by atoms with E-state index in [4.69, 9.17) is 9.47 Å². The second-order valence-corrected chi connectivity index (χ2v) is 6.88. The molecule has 0 fully saturated rings. The Kier molecular flexibility index (Phi) is 8.75. The smallest absolute Gasteiger partial charge is 0.410 e. The highest BCUT2D eigenvalue weighted by molar-refractivity contribution is 5.79. The molecule has 146 valence electrons. The molecule has 7 heteroatoms. The summed E-state index contributed by atoms with van der Waals surface area (Å²) in [6.07, 6.45) is -0.336. The number of amides is 1. The maximum Gasteiger partial charge on any atom is 0.410 e. The van der Waals surface area contributed by atoms with E-state index in [0.717, 1.165) is 17.9 Å². The van der Waals surface area contributed by atoms with Gasteiger partial charge in [0.15, 0.2) is 5.96 Å². The minimum Gasteiger partial charge on any atom is -0.497 e. The van der Waals surface area contributed by atoms with Crippen molar-refractivity contribution in [2.24, 2.45) is 4.99 Å². The van der Waals surface area contributed by atoms with Gasteiger partial charge in [-0.3, -0.25) is 0 Å². The molecule has 0 saturated heterocycles. The number of methoxy groups -OCH3 is 1. The molecule has 0 radical (unpaired) electrons. The molecule has 0 aliphatic heterocycles. The number of carbonyl (C=O) groups is 1. The zero-order valence-corrected chi connectivity index (χ0v) is 16.8. The van der Waals surface area contributed by atoms with Gasteiger partial charge in [0.25, 0.3) is 0 Å². The van der Waals surface area contributed by atoms with Crippen LogP contribution < -0.4 is 15.4 Å². The van der Waals surface area contributed by atoms with Crippen molar-refractivity contribution in [3.05, 3.63) is 29.8 Å². The Morgan fingerprint density at radius 3 is 2.62 bits per heavy atom. The molecule has 7 nitrogen and oxygen atoms in total. The first kappa shape index (κ1) is 21.6. The fourth-order valence-electron chi connectivity index (χ4n) is 2.06. The Hall–Kier alpha value is -2.44. The fourth-order valence-corrected chi connectivity index (χ4v) is 2.06. The van der Waals surface area contributed by atoms with E-state index in [1.165, 1.54) is 0 Å². The average molecular weight is 364 g/mol. The number of hydrogen-bond donors (Lipinski definition) is 2. The summed E-state index contributed by atoms with van der Waals surface area (Å²) in [6.45, 7) is 9.94. The number of nitrogens with zero attached hydrogens (tertiary/aromatic N) is 2. The Bertz CT molecular complexity index is 597. The van der Waals surface area contributed by atoms with Crippen LogP contribution in [0.15, 0.2) is 29.3 Å². The highest BCUT2D eigenvalue weighted by atomic mass is 16.6. The number of nitrogens with one attached hydrogen (secondary N) is 2. The normalized spacial score (nSPS) is 11.7. The highest BCUT2D eigenvalue weighted by Gasteiger charge is 2.19. The van der Waals surface area contributed by atoms with Gasteiger partial charge in [0.05, 0.1) is 13.7 Å². The Morgan fingerprint density at radius 2 is 2.00 bits per heavy atom. The number of aliphatic imine (C=N–C) groups is 1. The van der Waals surface area contributed by atoms with Gasteiger partial charge in [-0.05, 0) is 45.4 Å². The Labute approximate surface area is 156 Å². The third-order valence-corrected chi connectivity index (χ3v) is 3.34. The monoisotopic (exact) mass is 364 g/mol. The van der Waals surface area contributed by atoms with Crippen molar-refractivity contribution in [3.8, 4) is 5.75 Å². The van der Waals surface area contributed by atoms with Gasteiger partial charge in [-0.2, -0.15) is 0 Å². The molecule has 0 aromatic heterocycles. The molecule has 1 aromatic carbocycles. The summed E-state index contributed by atoms with van der Waals surface area (Å²) in [5.74, 6) is 1.52. The third-order valence-electron chi connectivity index (χ3n) is 3.34. The summed E-state index contributed by atoms with van der Waals surface area (Å²) in [7, 11) is 3.37. The molecule has 0 bridgehead atoms. The molecule has 0 spiro atoms. The lowest BCUT2D eigenvalue weighted by atomic mass is 10.2. The molecule has 0 heterocycles. The predicted molar refractivity (Wildman–Crippen MR) is 105 cm³/mol. The second-order valence-electron chi connectivity index (χ2n) is 6.88. The minimum atomic E-state index is -0.494. The van der Waals surface area contributed by atoms with Crippen LogP contribution in [0, 0.1) is 0 Å². The maximum atomic E-state index is 11.9. The number of hydrogen-bond acceptors (Lipinski definition) is 4. The minimum absolute atomic E-state index is 0.336. The molecule has 0 atom stereocenters. The number of rotatable bonds is 7. The molecule has 0 aliphatic rings. The summed E-state index contributed by atoms with van der Waals surface area (Å²) in [4.78, 5) is 18.1. The van der Waals surface area contributed by atoms with Crippen LogP contribution in [0.3, 0.4) is 0 Å². The summed E-state index contributed by atoms with van der Waals surface area (Å²) in [6, 6.07) is 7.82. The average Bonchev–Trinajstić information content (AvgIpc) is 2.58. The van der Waals surface area contributed by atoms with Crippen molar-refractivity contribution >= 4 is 12.1 Å². The first-order valence-electron chi connectivity index (χ1n) is 8.84. The molecule has 0 saturated carbocycles. The van der Waals surface area contributed by atoms with E-state index < -0.39 is 5.60 Å². The van der Waals surface area contributed by atoms with Crippen molar-refractivity contribution in [2.45, 2.75) is 39.8 Å².